The first-order chi connectivity index (χ1) is 22.9. The summed E-state index contributed by atoms with van der Waals surface area (Å²) >= 11 is 0. The number of rotatable bonds is 15. The van der Waals surface area contributed by atoms with Gasteiger partial charge in [-0.1, -0.05) is 67.4 Å². The number of carbonyl (C=O) groups is 2. The molecular formula is C38H48N4O5. The second kappa shape index (κ2) is 17.2. The number of unbranched alkanes of at least 4 members (excludes halogenated alkanes) is 1. The second-order valence-corrected chi connectivity index (χ2v) is 12.5. The Balaban J connectivity index is 1.16. The largest absolute Gasteiger partial charge is 0.397 e. The molecule has 1 aliphatic carbocycles. The lowest BCUT2D eigenvalue weighted by atomic mass is 9.99. The molecule has 3 aromatic carbocycles. The van der Waals surface area contributed by atoms with Gasteiger partial charge < -0.3 is 30.9 Å². The van der Waals surface area contributed by atoms with Crippen molar-refractivity contribution >= 4 is 28.9 Å². The van der Waals surface area contributed by atoms with Crippen LogP contribution in [0.25, 0.3) is 0 Å². The molecule has 0 unspecified atom stereocenters. The molecule has 3 atom stereocenters. The molecule has 9 heteroatoms. The van der Waals surface area contributed by atoms with E-state index in [-0.39, 0.29) is 30.6 Å². The fourth-order valence-electron chi connectivity index (χ4n) is 6.44. The van der Waals surface area contributed by atoms with Crippen LogP contribution in [0.1, 0.15) is 86.9 Å². The van der Waals surface area contributed by atoms with Gasteiger partial charge in [-0.2, -0.15) is 0 Å². The molecule has 5 rings (SSSR count). The summed E-state index contributed by atoms with van der Waals surface area (Å²) in [6.45, 7) is 5.64. The molecule has 0 spiro atoms. The van der Waals surface area contributed by atoms with Crippen LogP contribution in [0.5, 0.6) is 0 Å². The zero-order valence-corrected chi connectivity index (χ0v) is 27.1. The molecule has 0 aromatic heterocycles. The zero-order valence-electron chi connectivity index (χ0n) is 27.1. The van der Waals surface area contributed by atoms with Crippen LogP contribution in [0.15, 0.2) is 85.5 Å². The Bertz CT molecular complexity index is 1460. The molecule has 1 heterocycles. The number of nitrogens with two attached hydrogens (primary N) is 1. The van der Waals surface area contributed by atoms with Crippen molar-refractivity contribution in [1.82, 2.24) is 4.90 Å². The van der Waals surface area contributed by atoms with Gasteiger partial charge in [-0.25, -0.2) is 0 Å². The fraction of sp³-hybridized carbons (Fsp3) is 0.421. The Morgan fingerprint density at radius 2 is 1.55 bits per heavy atom. The van der Waals surface area contributed by atoms with Crippen LogP contribution in [0.2, 0.25) is 0 Å². The van der Waals surface area contributed by atoms with E-state index in [1.165, 1.54) is 25.7 Å². The van der Waals surface area contributed by atoms with Crippen LogP contribution in [-0.4, -0.2) is 47.1 Å². The molecule has 0 radical (unpaired) electrons. The zero-order chi connectivity index (χ0) is 33.0. The monoisotopic (exact) mass is 640 g/mol. The van der Waals surface area contributed by atoms with Crippen molar-refractivity contribution in [3.8, 4) is 0 Å². The lowest BCUT2D eigenvalue weighted by molar-refractivity contribution is -0.253. The van der Waals surface area contributed by atoms with Gasteiger partial charge in [-0.15, -0.1) is 6.58 Å². The average Bonchev–Trinajstić information content (AvgIpc) is 3.63. The molecule has 47 heavy (non-hydrogen) atoms. The van der Waals surface area contributed by atoms with Crippen molar-refractivity contribution in [1.29, 1.82) is 0 Å². The van der Waals surface area contributed by atoms with Crippen LogP contribution < -0.4 is 16.4 Å². The number of hydrogen-bond acceptors (Lipinski definition) is 7. The van der Waals surface area contributed by atoms with E-state index < -0.39 is 6.29 Å². The van der Waals surface area contributed by atoms with Crippen molar-refractivity contribution in [3.05, 3.63) is 102 Å². The minimum atomic E-state index is -0.562. The molecule has 5 N–H and O–H groups in total. The molecule has 1 aliphatic heterocycles. The predicted octanol–water partition coefficient (Wildman–Crippen LogP) is 6.87. The molecule has 3 aromatic rings. The predicted molar refractivity (Wildman–Crippen MR) is 185 cm³/mol. The van der Waals surface area contributed by atoms with Crippen LogP contribution in [0.3, 0.4) is 0 Å². The minimum absolute atomic E-state index is 0.00277. The fourth-order valence-corrected chi connectivity index (χ4v) is 6.44. The number of benzene rings is 3. The van der Waals surface area contributed by atoms with Crippen molar-refractivity contribution < 1.29 is 24.2 Å². The summed E-state index contributed by atoms with van der Waals surface area (Å²) < 4.78 is 13.1. The number of nitrogens with one attached hydrogen (secondary N) is 2. The number of hydrogen-bond donors (Lipinski definition) is 4. The van der Waals surface area contributed by atoms with E-state index in [0.717, 1.165) is 36.2 Å². The molecular weight excluding hydrogens is 592 g/mol. The van der Waals surface area contributed by atoms with E-state index >= 15 is 0 Å². The number of anilines is 3. The van der Waals surface area contributed by atoms with E-state index in [1.54, 1.807) is 12.1 Å². The lowest BCUT2D eigenvalue weighted by Gasteiger charge is -2.39. The molecule has 1 saturated carbocycles. The summed E-state index contributed by atoms with van der Waals surface area (Å²) in [5.74, 6) is -0.221. The highest BCUT2D eigenvalue weighted by Gasteiger charge is 2.34. The van der Waals surface area contributed by atoms with Crippen LogP contribution >= 0.6 is 0 Å². The molecule has 0 bridgehead atoms. The molecule has 1 saturated heterocycles. The highest BCUT2D eigenvalue weighted by molar-refractivity contribution is 5.94. The third kappa shape index (κ3) is 9.98. The van der Waals surface area contributed by atoms with Gasteiger partial charge in [-0.3, -0.25) is 14.5 Å². The van der Waals surface area contributed by atoms with Gasteiger partial charge in [0.2, 0.25) is 11.8 Å². The van der Waals surface area contributed by atoms with Crippen molar-refractivity contribution in [3.63, 3.8) is 0 Å². The Labute approximate surface area is 278 Å². The number of nitrogens with zero attached hydrogens (tertiary/aromatic N) is 1. The van der Waals surface area contributed by atoms with Crippen LogP contribution in [-0.2, 0) is 25.7 Å². The Morgan fingerprint density at radius 3 is 2.21 bits per heavy atom. The van der Waals surface area contributed by atoms with Crippen LogP contribution in [0.4, 0.5) is 17.1 Å². The van der Waals surface area contributed by atoms with E-state index in [1.807, 2.05) is 66.7 Å². The Kier molecular flexibility index (Phi) is 12.6. The average molecular weight is 641 g/mol. The van der Waals surface area contributed by atoms with Gasteiger partial charge in [0.05, 0.1) is 30.2 Å². The van der Waals surface area contributed by atoms with E-state index in [0.29, 0.717) is 48.8 Å². The Hall–Kier alpha value is -4.02. The normalized spacial score (nSPS) is 19.8. The maximum absolute atomic E-state index is 12.6. The van der Waals surface area contributed by atoms with Gasteiger partial charge >= 0.3 is 0 Å². The summed E-state index contributed by atoms with van der Waals surface area (Å²) in [4.78, 5) is 27.4. The standard InChI is InChI=1S/C38H48N4O5/c1-2-23-42(31-9-3-4-10-31)25-32-24-35(28-17-15-27(26-43)16-18-28)47-38(46-32)29-19-21-30(22-20-29)40-36(44)13-7-8-14-37(45)41-34-12-6-5-11-33(34)39/h2,5-6,11-12,15-22,31-32,35,38,43H,1,3-4,7-10,13-14,23-26,39H2,(H,40,44)(H,41,45)/t32-,35+,38+/m1/s1. The summed E-state index contributed by atoms with van der Waals surface area (Å²) in [6, 6.07) is 23.2. The third-order valence-corrected chi connectivity index (χ3v) is 9.02. The lowest BCUT2D eigenvalue weighted by Crippen LogP contribution is -2.43. The molecule has 9 nitrogen and oxygen atoms in total. The first kappa shape index (κ1) is 34.3. The number of carbonyl (C=O) groups excluding carboxylic acids is 2. The first-order valence-electron chi connectivity index (χ1n) is 16.8. The molecule has 2 aliphatic rings. The minimum Gasteiger partial charge on any atom is -0.397 e. The van der Waals surface area contributed by atoms with Crippen molar-refractivity contribution in [2.75, 3.05) is 29.5 Å². The van der Waals surface area contributed by atoms with Crippen molar-refractivity contribution in [2.24, 2.45) is 0 Å². The number of aliphatic hydroxyl groups excluding tert-OH is 1. The highest BCUT2D eigenvalue weighted by atomic mass is 16.7. The van der Waals surface area contributed by atoms with Crippen LogP contribution in [0, 0.1) is 0 Å². The highest BCUT2D eigenvalue weighted by Crippen LogP contribution is 2.39. The first-order valence-corrected chi connectivity index (χ1v) is 16.8. The number of ether oxygens (including phenoxy) is 2. The van der Waals surface area contributed by atoms with Gasteiger partial charge in [-0.05, 0) is 61.1 Å². The maximum Gasteiger partial charge on any atom is 0.224 e. The summed E-state index contributed by atoms with van der Waals surface area (Å²) in [5.41, 5.74) is 10.5. The SMILES string of the molecule is C=CCN(C[C@H]1C[C@@H](c2ccc(CO)cc2)O[C@@H](c2ccc(NC(=O)CCCCC(=O)Nc3ccccc3N)cc2)O1)C1CCCC1. The molecule has 2 fully saturated rings. The topological polar surface area (TPSA) is 126 Å². The Morgan fingerprint density at radius 1 is 0.894 bits per heavy atom. The van der Waals surface area contributed by atoms with Gasteiger partial charge in [0, 0.05) is 49.6 Å². The number of amides is 2. The van der Waals surface area contributed by atoms with E-state index in [4.69, 9.17) is 15.2 Å². The number of nitrogen functional groups attached to an aromatic ring is 1. The summed E-state index contributed by atoms with van der Waals surface area (Å²) in [6.07, 6.45) is 8.71. The van der Waals surface area contributed by atoms with Crippen molar-refractivity contribution in [2.45, 2.75) is 88.9 Å². The molecule has 250 valence electrons. The quantitative estimate of drug-likeness (QED) is 0.0811. The maximum atomic E-state index is 12.6. The van der Waals surface area contributed by atoms with Gasteiger partial charge in [0.25, 0.3) is 0 Å². The second-order valence-electron chi connectivity index (χ2n) is 12.5. The number of aliphatic hydroxyl groups is 1. The van der Waals surface area contributed by atoms with E-state index in [2.05, 4.69) is 22.1 Å². The third-order valence-electron chi connectivity index (χ3n) is 9.02. The molecule has 2 amide bonds. The summed E-state index contributed by atoms with van der Waals surface area (Å²) in [7, 11) is 0. The van der Waals surface area contributed by atoms with E-state index in [9.17, 15) is 14.7 Å². The van der Waals surface area contributed by atoms with Gasteiger partial charge in [0.1, 0.15) is 0 Å². The smallest absolute Gasteiger partial charge is 0.224 e. The number of para-hydroxylation sites is 2. The van der Waals surface area contributed by atoms with Gasteiger partial charge in [0.15, 0.2) is 6.29 Å². The summed E-state index contributed by atoms with van der Waals surface area (Å²) in [5, 5.41) is 15.3.